The number of halogens is 3. The van der Waals surface area contributed by atoms with Crippen LogP contribution in [-0.2, 0) is 21.1 Å². The van der Waals surface area contributed by atoms with Crippen LogP contribution in [0.2, 0.25) is 0 Å². The van der Waals surface area contributed by atoms with E-state index in [9.17, 15) is 26.4 Å². The standard InChI is InChI=1S/C12H10F3NO4S/c1-6-8(5-11(17)18)9-4-7(2-3-10(9)16-6)21(19,20)12(13,14)15/h2-4,16H,5H2,1H3,(H,17,18). The zero-order chi connectivity index (χ0) is 16.0. The van der Waals surface area contributed by atoms with Crippen LogP contribution in [0.4, 0.5) is 13.2 Å². The second-order valence-corrected chi connectivity index (χ2v) is 6.40. The third-order valence-corrected chi connectivity index (χ3v) is 4.52. The molecule has 0 aliphatic heterocycles. The number of hydrogen-bond donors (Lipinski definition) is 2. The van der Waals surface area contributed by atoms with Gasteiger partial charge >= 0.3 is 11.5 Å². The molecule has 0 aliphatic rings. The van der Waals surface area contributed by atoms with Crippen LogP contribution >= 0.6 is 0 Å². The second-order valence-electron chi connectivity index (χ2n) is 4.46. The van der Waals surface area contributed by atoms with E-state index < -0.39 is 32.6 Å². The SMILES string of the molecule is Cc1[nH]c2ccc(S(=O)(=O)C(F)(F)F)cc2c1CC(=O)O. The smallest absolute Gasteiger partial charge is 0.481 e. The van der Waals surface area contributed by atoms with E-state index in [1.807, 2.05) is 0 Å². The number of nitrogens with one attached hydrogen (secondary N) is 1. The molecule has 2 aromatic rings. The molecule has 0 unspecified atom stereocenters. The highest BCUT2D eigenvalue weighted by Gasteiger charge is 2.46. The van der Waals surface area contributed by atoms with Gasteiger partial charge in [-0.2, -0.15) is 13.2 Å². The number of aliphatic carboxylic acids is 1. The van der Waals surface area contributed by atoms with Crippen molar-refractivity contribution in [1.82, 2.24) is 4.98 Å². The number of fused-ring (bicyclic) bond motifs is 1. The first-order chi connectivity index (χ1) is 9.54. The molecule has 0 saturated heterocycles. The van der Waals surface area contributed by atoms with Crippen LogP contribution in [0, 0.1) is 6.92 Å². The summed E-state index contributed by atoms with van der Waals surface area (Å²) in [6.45, 7) is 1.57. The molecule has 0 atom stereocenters. The zero-order valence-electron chi connectivity index (χ0n) is 10.7. The van der Waals surface area contributed by atoms with E-state index in [0.717, 1.165) is 12.1 Å². The molecule has 0 aliphatic carbocycles. The number of H-pyrrole nitrogens is 1. The molecule has 1 aromatic carbocycles. The predicted molar refractivity (Wildman–Crippen MR) is 67.6 cm³/mol. The van der Waals surface area contributed by atoms with Crippen molar-refractivity contribution in [2.45, 2.75) is 23.7 Å². The summed E-state index contributed by atoms with van der Waals surface area (Å²) in [5, 5.41) is 8.97. The second kappa shape index (κ2) is 4.76. The van der Waals surface area contributed by atoms with E-state index in [1.165, 1.54) is 6.07 Å². The normalized spacial score (nSPS) is 12.8. The summed E-state index contributed by atoms with van der Waals surface area (Å²) in [5.74, 6) is -1.16. The Balaban J connectivity index is 2.69. The Labute approximate surface area is 117 Å². The molecular weight excluding hydrogens is 311 g/mol. The fourth-order valence-corrected chi connectivity index (χ4v) is 2.83. The number of rotatable bonds is 3. The van der Waals surface area contributed by atoms with Crippen LogP contribution in [0.3, 0.4) is 0 Å². The van der Waals surface area contributed by atoms with Crippen LogP contribution < -0.4 is 0 Å². The Hall–Kier alpha value is -2.03. The van der Waals surface area contributed by atoms with Crippen molar-refractivity contribution in [3.05, 3.63) is 29.5 Å². The van der Waals surface area contributed by atoms with Crippen molar-refractivity contribution in [1.29, 1.82) is 0 Å². The van der Waals surface area contributed by atoms with Crippen molar-refractivity contribution in [2.75, 3.05) is 0 Å². The van der Waals surface area contributed by atoms with Crippen molar-refractivity contribution >= 4 is 26.7 Å². The molecule has 0 radical (unpaired) electrons. The summed E-state index contributed by atoms with van der Waals surface area (Å²) in [6, 6.07) is 2.87. The van der Waals surface area contributed by atoms with E-state index in [4.69, 9.17) is 5.11 Å². The van der Waals surface area contributed by atoms with Gasteiger partial charge in [-0.15, -0.1) is 0 Å². The maximum absolute atomic E-state index is 12.5. The van der Waals surface area contributed by atoms with Gasteiger partial charge in [-0.25, -0.2) is 8.42 Å². The fraction of sp³-hybridized carbons (Fsp3) is 0.250. The molecule has 0 amide bonds. The lowest BCUT2D eigenvalue weighted by Gasteiger charge is -2.08. The van der Waals surface area contributed by atoms with Crippen molar-refractivity contribution in [2.24, 2.45) is 0 Å². The molecule has 9 heteroatoms. The van der Waals surface area contributed by atoms with Crippen molar-refractivity contribution in [3.8, 4) is 0 Å². The Kier molecular flexibility index (Phi) is 3.48. The quantitative estimate of drug-likeness (QED) is 0.909. The number of alkyl halides is 3. The summed E-state index contributed by atoms with van der Waals surface area (Å²) in [4.78, 5) is 12.7. The van der Waals surface area contributed by atoms with Crippen LogP contribution in [0.25, 0.3) is 10.9 Å². The van der Waals surface area contributed by atoms with Gasteiger partial charge < -0.3 is 10.1 Å². The monoisotopic (exact) mass is 321 g/mol. The Morgan fingerprint density at radius 3 is 2.48 bits per heavy atom. The summed E-state index contributed by atoms with van der Waals surface area (Å²) in [7, 11) is -5.47. The number of carboxylic acid groups (broad SMARTS) is 1. The number of hydrogen-bond acceptors (Lipinski definition) is 3. The maximum atomic E-state index is 12.5. The highest BCUT2D eigenvalue weighted by atomic mass is 32.2. The van der Waals surface area contributed by atoms with Crippen LogP contribution in [0.1, 0.15) is 11.3 Å². The van der Waals surface area contributed by atoms with Gasteiger partial charge in [0.2, 0.25) is 0 Å². The average molecular weight is 321 g/mol. The first-order valence-electron chi connectivity index (χ1n) is 5.68. The van der Waals surface area contributed by atoms with Gasteiger partial charge in [0.25, 0.3) is 9.84 Å². The molecule has 5 nitrogen and oxygen atoms in total. The summed E-state index contributed by atoms with van der Waals surface area (Å²) in [5.41, 5.74) is -4.30. The number of carbonyl (C=O) groups is 1. The highest BCUT2D eigenvalue weighted by molar-refractivity contribution is 7.92. The van der Waals surface area contributed by atoms with E-state index in [2.05, 4.69) is 4.98 Å². The number of benzene rings is 1. The van der Waals surface area contributed by atoms with E-state index in [-0.39, 0.29) is 10.9 Å². The van der Waals surface area contributed by atoms with Gasteiger partial charge in [0.1, 0.15) is 0 Å². The first kappa shape index (κ1) is 15.4. The van der Waals surface area contributed by atoms with Gasteiger partial charge in [-0.05, 0) is 30.7 Å². The lowest BCUT2D eigenvalue weighted by atomic mass is 10.1. The molecule has 0 fully saturated rings. The van der Waals surface area contributed by atoms with Gasteiger partial charge in [-0.1, -0.05) is 0 Å². The molecule has 0 spiro atoms. The zero-order valence-corrected chi connectivity index (χ0v) is 11.5. The van der Waals surface area contributed by atoms with Gasteiger partial charge in [0.15, 0.2) is 0 Å². The first-order valence-corrected chi connectivity index (χ1v) is 7.16. The molecule has 2 rings (SSSR count). The molecule has 0 saturated carbocycles. The van der Waals surface area contributed by atoms with Crippen molar-refractivity contribution in [3.63, 3.8) is 0 Å². The van der Waals surface area contributed by atoms with E-state index in [1.54, 1.807) is 6.92 Å². The van der Waals surface area contributed by atoms with Gasteiger partial charge in [0, 0.05) is 16.6 Å². The number of aromatic nitrogens is 1. The topological polar surface area (TPSA) is 87.2 Å². The fourth-order valence-electron chi connectivity index (χ4n) is 2.04. The molecule has 1 aromatic heterocycles. The predicted octanol–water partition coefficient (Wildman–Crippen LogP) is 2.40. The number of carboxylic acids is 1. The van der Waals surface area contributed by atoms with Crippen LogP contribution in [-0.4, -0.2) is 30.0 Å². The van der Waals surface area contributed by atoms with Crippen LogP contribution in [0.15, 0.2) is 23.1 Å². The molecule has 1 heterocycles. The minimum atomic E-state index is -5.47. The molecular formula is C12H10F3NO4S. The lowest BCUT2D eigenvalue weighted by molar-refractivity contribution is -0.136. The molecule has 0 bridgehead atoms. The maximum Gasteiger partial charge on any atom is 0.501 e. The van der Waals surface area contributed by atoms with E-state index in [0.29, 0.717) is 11.2 Å². The third-order valence-electron chi connectivity index (χ3n) is 3.03. The summed E-state index contributed by atoms with van der Waals surface area (Å²) < 4.78 is 60.4. The van der Waals surface area contributed by atoms with Crippen LogP contribution in [0.5, 0.6) is 0 Å². The molecule has 21 heavy (non-hydrogen) atoms. The molecule has 114 valence electrons. The number of sulfone groups is 1. The minimum absolute atomic E-state index is 0.153. The Morgan fingerprint density at radius 1 is 1.33 bits per heavy atom. The highest BCUT2D eigenvalue weighted by Crippen LogP contribution is 2.33. The van der Waals surface area contributed by atoms with E-state index >= 15 is 0 Å². The van der Waals surface area contributed by atoms with Gasteiger partial charge in [-0.3, -0.25) is 4.79 Å². The Bertz CT molecular complexity index is 821. The summed E-state index contributed by atoms with van der Waals surface area (Å²) in [6.07, 6.45) is -0.415. The largest absolute Gasteiger partial charge is 0.501 e. The van der Waals surface area contributed by atoms with Gasteiger partial charge in [0.05, 0.1) is 11.3 Å². The number of aromatic amines is 1. The average Bonchev–Trinajstić information content (AvgIpc) is 2.63. The lowest BCUT2D eigenvalue weighted by Crippen LogP contribution is -2.23. The van der Waals surface area contributed by atoms with Crippen molar-refractivity contribution < 1.29 is 31.5 Å². The minimum Gasteiger partial charge on any atom is -0.481 e. The summed E-state index contributed by atoms with van der Waals surface area (Å²) >= 11 is 0. The number of aryl methyl sites for hydroxylation is 1. The Morgan fingerprint density at radius 2 is 1.95 bits per heavy atom. The molecule has 2 N–H and O–H groups in total. The third kappa shape index (κ3) is 2.60.